The van der Waals surface area contributed by atoms with E-state index < -0.39 is 5.60 Å². The van der Waals surface area contributed by atoms with Gasteiger partial charge < -0.3 is 19.7 Å². The molecule has 0 radical (unpaired) electrons. The van der Waals surface area contributed by atoms with Crippen molar-refractivity contribution in [3.8, 4) is 0 Å². The van der Waals surface area contributed by atoms with Crippen LogP contribution in [0.3, 0.4) is 0 Å². The topological polar surface area (TPSA) is 60.8 Å². The van der Waals surface area contributed by atoms with Crippen molar-refractivity contribution in [2.75, 3.05) is 40.5 Å². The maximum Gasteiger partial charge on any atom is 0.108 e. The van der Waals surface area contributed by atoms with Crippen molar-refractivity contribution < 1.29 is 9.47 Å². The molecule has 1 aliphatic rings. The molecule has 1 rings (SSSR count). The number of hydrogen-bond donors (Lipinski definition) is 2. The Morgan fingerprint density at radius 2 is 2.08 bits per heavy atom. The zero-order valence-corrected chi connectivity index (χ0v) is 16.8. The van der Waals surface area contributed by atoms with Gasteiger partial charge in [0.2, 0.25) is 0 Å². The van der Waals surface area contributed by atoms with Crippen molar-refractivity contribution in [2.45, 2.75) is 51.8 Å². The van der Waals surface area contributed by atoms with Crippen LogP contribution in [-0.4, -0.2) is 74.3 Å². The van der Waals surface area contributed by atoms with E-state index in [1.807, 2.05) is 11.9 Å². The molecule has 0 bridgehead atoms. The van der Waals surface area contributed by atoms with Crippen molar-refractivity contribution in [1.29, 1.82) is 5.41 Å². The third kappa shape index (κ3) is 4.84. The molecule has 0 aromatic carbocycles. The smallest absolute Gasteiger partial charge is 0.108 e. The van der Waals surface area contributed by atoms with E-state index >= 15 is 0 Å². The van der Waals surface area contributed by atoms with Gasteiger partial charge in [0, 0.05) is 39.0 Å². The highest BCUT2D eigenvalue weighted by Gasteiger charge is 2.39. The van der Waals surface area contributed by atoms with Crippen LogP contribution in [0.5, 0.6) is 0 Å². The summed E-state index contributed by atoms with van der Waals surface area (Å²) in [4.78, 5) is 4.33. The molecule has 0 aromatic rings. The molecule has 1 aliphatic heterocycles. The Morgan fingerprint density at radius 1 is 1.48 bits per heavy atom. The summed E-state index contributed by atoms with van der Waals surface area (Å²) in [5.74, 6) is 0. The molecule has 0 amide bonds. The van der Waals surface area contributed by atoms with Crippen LogP contribution in [0.15, 0.2) is 24.0 Å². The highest BCUT2D eigenvalue weighted by molar-refractivity contribution is 5.51. The second kappa shape index (κ2) is 9.94. The summed E-state index contributed by atoms with van der Waals surface area (Å²) in [5, 5.41) is 11.0. The van der Waals surface area contributed by atoms with E-state index in [9.17, 15) is 0 Å². The lowest BCUT2D eigenvalue weighted by atomic mass is 9.83. The van der Waals surface area contributed by atoms with Gasteiger partial charge in [0.15, 0.2) is 0 Å². The predicted molar refractivity (Wildman–Crippen MR) is 104 cm³/mol. The summed E-state index contributed by atoms with van der Waals surface area (Å²) >= 11 is 0. The van der Waals surface area contributed by atoms with Crippen LogP contribution in [0.25, 0.3) is 0 Å². The second-order valence-electron chi connectivity index (χ2n) is 6.74. The quantitative estimate of drug-likeness (QED) is 0.467. The highest BCUT2D eigenvalue weighted by atomic mass is 16.5. The molecule has 25 heavy (non-hydrogen) atoms. The molecule has 6 nitrogen and oxygen atoms in total. The van der Waals surface area contributed by atoms with Crippen molar-refractivity contribution in [3.63, 3.8) is 0 Å². The second-order valence-corrected chi connectivity index (χ2v) is 6.74. The molecule has 1 saturated heterocycles. The molecule has 6 heteroatoms. The van der Waals surface area contributed by atoms with Gasteiger partial charge in [0.05, 0.1) is 25.6 Å². The lowest BCUT2D eigenvalue weighted by Crippen LogP contribution is -2.53. The first-order valence-electron chi connectivity index (χ1n) is 9.05. The van der Waals surface area contributed by atoms with Crippen LogP contribution in [0.4, 0.5) is 0 Å². The Hall–Kier alpha value is -1.37. The van der Waals surface area contributed by atoms with Crippen LogP contribution < -0.4 is 5.32 Å². The summed E-state index contributed by atoms with van der Waals surface area (Å²) < 4.78 is 11.5. The minimum atomic E-state index is -0.521. The molecule has 2 unspecified atom stereocenters. The zero-order chi connectivity index (χ0) is 19.0. The molecule has 0 saturated carbocycles. The maximum atomic E-state index is 7.65. The predicted octanol–water partition coefficient (Wildman–Crippen LogP) is 2.44. The fourth-order valence-electron chi connectivity index (χ4n) is 3.76. The molecule has 2 N–H and O–H groups in total. The third-order valence-corrected chi connectivity index (χ3v) is 5.56. The van der Waals surface area contributed by atoms with E-state index in [-0.39, 0.29) is 12.1 Å². The number of ether oxygens (including phenoxy) is 2. The van der Waals surface area contributed by atoms with E-state index in [0.29, 0.717) is 0 Å². The Balaban J connectivity index is 3.30. The summed E-state index contributed by atoms with van der Waals surface area (Å²) in [7, 11) is 3.67. The summed E-state index contributed by atoms with van der Waals surface area (Å²) in [6.07, 6.45) is 3.97. The van der Waals surface area contributed by atoms with Gasteiger partial charge >= 0.3 is 0 Å². The molecule has 1 fully saturated rings. The monoisotopic (exact) mass is 352 g/mol. The molecule has 3 atom stereocenters. The van der Waals surface area contributed by atoms with E-state index in [0.717, 1.165) is 44.0 Å². The summed E-state index contributed by atoms with van der Waals surface area (Å²) in [5.41, 5.74) is 1.72. The summed E-state index contributed by atoms with van der Waals surface area (Å²) in [6.45, 7) is 15.8. The zero-order valence-electron chi connectivity index (χ0n) is 16.8. The van der Waals surface area contributed by atoms with Gasteiger partial charge in [-0.05, 0) is 39.0 Å². The first-order valence-corrected chi connectivity index (χ1v) is 9.05. The van der Waals surface area contributed by atoms with E-state index in [1.54, 1.807) is 13.3 Å². The number of nitrogens with zero attached hydrogens (tertiary/aromatic N) is 2. The molecule has 1 heterocycles. The molecular weight excluding hydrogens is 316 g/mol. The van der Waals surface area contributed by atoms with Gasteiger partial charge in [-0.25, -0.2) is 0 Å². The van der Waals surface area contributed by atoms with Crippen molar-refractivity contribution in [2.24, 2.45) is 0 Å². The Morgan fingerprint density at radius 3 is 2.52 bits per heavy atom. The van der Waals surface area contributed by atoms with Crippen LogP contribution in [0.2, 0.25) is 0 Å². The summed E-state index contributed by atoms with van der Waals surface area (Å²) in [6, 6.07) is 0.271. The van der Waals surface area contributed by atoms with Crippen LogP contribution in [0, 0.1) is 5.41 Å². The number of morpholine rings is 1. The average Bonchev–Trinajstić information content (AvgIpc) is 2.65. The Bertz CT molecular complexity index is 474. The van der Waals surface area contributed by atoms with Crippen LogP contribution >= 0.6 is 0 Å². The molecule has 144 valence electrons. The standard InChI is InChI=1S/C19H36N4O2/c1-8-17(22(6)14-20)19(5,24-7)15(3)18(21-9-2)16(4)23-10-12-25-13-11-23/h9,14,16-17,20-21H,2,8,10-13H2,1,3-7H3/b18-15-,20-14?/t16?,17?,19-/m1/s1. The van der Waals surface area contributed by atoms with Gasteiger partial charge in [-0.3, -0.25) is 10.3 Å². The van der Waals surface area contributed by atoms with Gasteiger partial charge in [-0.1, -0.05) is 13.5 Å². The molecule has 0 spiro atoms. The largest absolute Gasteiger partial charge is 0.379 e. The van der Waals surface area contributed by atoms with Crippen LogP contribution in [0.1, 0.15) is 34.1 Å². The SMILES string of the molecule is C=CN/C(=C(/C)[C@@](C)(OC)C(CC)N(C)C=N)C(C)N1CCOCC1. The fraction of sp³-hybridized carbons (Fsp3) is 0.737. The first-order chi connectivity index (χ1) is 11.9. The number of likely N-dealkylation sites (N-methyl/N-ethyl adjacent to an activating group) is 1. The van der Waals surface area contributed by atoms with Gasteiger partial charge in [-0.2, -0.15) is 0 Å². The lowest BCUT2D eigenvalue weighted by Gasteiger charge is -2.44. The number of nitrogens with one attached hydrogen (secondary N) is 2. The Labute approximate surface area is 153 Å². The van der Waals surface area contributed by atoms with Gasteiger partial charge in [-0.15, -0.1) is 0 Å². The minimum Gasteiger partial charge on any atom is -0.379 e. The van der Waals surface area contributed by atoms with Gasteiger partial charge in [0.1, 0.15) is 5.60 Å². The van der Waals surface area contributed by atoms with Crippen molar-refractivity contribution in [3.05, 3.63) is 24.0 Å². The first kappa shape index (κ1) is 21.7. The average molecular weight is 353 g/mol. The minimum absolute atomic E-state index is 0.0634. The molecule has 0 aromatic heterocycles. The number of methoxy groups -OCH3 is 1. The molecule has 0 aliphatic carbocycles. The third-order valence-electron chi connectivity index (χ3n) is 5.56. The highest BCUT2D eigenvalue weighted by Crippen LogP contribution is 2.32. The lowest BCUT2D eigenvalue weighted by molar-refractivity contribution is -0.0191. The van der Waals surface area contributed by atoms with E-state index in [4.69, 9.17) is 14.9 Å². The van der Waals surface area contributed by atoms with E-state index in [1.165, 1.54) is 6.34 Å². The number of hydrogen-bond acceptors (Lipinski definition) is 5. The molecular formula is C19H36N4O2. The van der Waals surface area contributed by atoms with Crippen LogP contribution in [-0.2, 0) is 9.47 Å². The number of rotatable bonds is 10. The Kier molecular flexibility index (Phi) is 8.62. The van der Waals surface area contributed by atoms with Crippen molar-refractivity contribution in [1.82, 2.24) is 15.1 Å². The van der Waals surface area contributed by atoms with E-state index in [2.05, 4.69) is 44.5 Å². The maximum absolute atomic E-state index is 7.65. The van der Waals surface area contributed by atoms with Gasteiger partial charge in [0.25, 0.3) is 0 Å². The fourth-order valence-corrected chi connectivity index (χ4v) is 3.76. The van der Waals surface area contributed by atoms with Crippen molar-refractivity contribution >= 4 is 6.34 Å². The normalized spacial score (nSPS) is 21.5.